The number of fused-ring (bicyclic) bond motifs is 10. The number of para-hydroxylation sites is 3. The molecule has 0 amide bonds. The van der Waals surface area contributed by atoms with Crippen LogP contribution in [0.3, 0.4) is 0 Å². The first-order valence-corrected chi connectivity index (χ1v) is 21.3. The van der Waals surface area contributed by atoms with Crippen LogP contribution in [0.15, 0.2) is 158 Å². The normalized spacial score (nSPS) is 13.6. The molecule has 11 aromatic rings. The maximum Gasteiger partial charge on any atom is 0.263 e. The second-order valence-electron chi connectivity index (χ2n) is 17.5. The fraction of sp³-hybridized carbons (Fsp3) is 0.0909. The molecular weight excluding hydrogens is 985 g/mol. The first-order chi connectivity index (χ1) is 32.5. The largest absolute Gasteiger partial charge is 0.510 e. The molecule has 2 aliphatic rings. The van der Waals surface area contributed by atoms with Gasteiger partial charge in [0.2, 0.25) is 12.2 Å². The summed E-state index contributed by atoms with van der Waals surface area (Å²) in [5.41, 5.74) is 9.32. The van der Waals surface area contributed by atoms with Gasteiger partial charge in [0, 0.05) is 60.9 Å². The van der Waals surface area contributed by atoms with Crippen molar-refractivity contribution in [3.05, 3.63) is 182 Å². The minimum atomic E-state index is -2.56. The molecule has 7 aromatic carbocycles. The minimum Gasteiger partial charge on any atom is -0.510 e. The van der Waals surface area contributed by atoms with E-state index in [0.29, 0.717) is 39.8 Å². The van der Waals surface area contributed by atoms with Crippen molar-refractivity contribution in [1.82, 2.24) is 18.7 Å². The number of ether oxygens (including phenoxy) is 3. The number of hydrogen-bond acceptors (Lipinski definition) is 4. The van der Waals surface area contributed by atoms with Gasteiger partial charge in [-0.15, -0.1) is 29.7 Å². The molecule has 13 rings (SSSR count). The number of aromatic nitrogens is 5. The van der Waals surface area contributed by atoms with Gasteiger partial charge in [0.1, 0.15) is 23.1 Å². The van der Waals surface area contributed by atoms with Crippen molar-refractivity contribution in [2.75, 3.05) is 0 Å². The molecule has 10 heteroatoms. The van der Waals surface area contributed by atoms with Crippen LogP contribution in [-0.2, 0) is 33.5 Å². The molecule has 0 bridgehead atoms. The average Bonchev–Trinajstić information content (AvgIpc) is 3.99. The van der Waals surface area contributed by atoms with E-state index in [2.05, 4.69) is 96.9 Å². The predicted molar refractivity (Wildman–Crippen MR) is 253 cm³/mol. The van der Waals surface area contributed by atoms with Gasteiger partial charge >= 0.3 is 0 Å². The number of aryl methyl sites for hydroxylation is 1. The molecule has 65 heavy (non-hydrogen) atoms. The van der Waals surface area contributed by atoms with Crippen molar-refractivity contribution in [3.8, 4) is 51.8 Å². The number of benzene rings is 7. The molecular formula is C55H38BN5O3Pt-2. The summed E-state index contributed by atoms with van der Waals surface area (Å²) in [5, 5.41) is 3.14. The molecule has 0 fully saturated rings. The fourth-order valence-electron chi connectivity index (χ4n) is 9.69. The van der Waals surface area contributed by atoms with Crippen molar-refractivity contribution in [2.45, 2.75) is 26.2 Å². The van der Waals surface area contributed by atoms with Crippen molar-refractivity contribution in [1.29, 1.82) is 0 Å². The standard InChI is InChI=1S/C55H38BN5O3.Pt/c1-55(2,3)34-27-28-57-51(29-34)61-43-18-8-5-15-39(43)40-25-24-38(32-46(40)61)62-37-14-11-13-35(30-37)59-33-58(4)47-31-36(23-26-45(47)59)60-44-19-9-6-16-41(44)52-54(60)64-50-22-12-21-49-53(50)56(52)42-17-7-10-20-48(42)63-49;/h5-29,31H,1-4H3;/q-2;/i4D3;. The zero-order chi connectivity index (χ0) is 45.3. The molecule has 0 N–H and O–H groups in total. The Morgan fingerprint density at radius 3 is 2.25 bits per heavy atom. The van der Waals surface area contributed by atoms with Crippen LogP contribution >= 0.6 is 0 Å². The fourth-order valence-corrected chi connectivity index (χ4v) is 9.69. The molecule has 0 aliphatic carbocycles. The molecule has 6 heterocycles. The molecule has 8 nitrogen and oxygen atoms in total. The Morgan fingerprint density at radius 1 is 0.662 bits per heavy atom. The first-order valence-electron chi connectivity index (χ1n) is 22.8. The first kappa shape index (κ1) is 36.0. The maximum atomic E-state index is 8.67. The van der Waals surface area contributed by atoms with Crippen LogP contribution in [0.1, 0.15) is 30.4 Å². The van der Waals surface area contributed by atoms with Crippen LogP contribution in [0, 0.1) is 18.5 Å². The molecule has 0 atom stereocenters. The molecule has 2 aliphatic heterocycles. The molecule has 0 saturated carbocycles. The molecule has 0 unspecified atom stereocenters. The number of rotatable bonds is 5. The van der Waals surface area contributed by atoms with E-state index in [-0.39, 0.29) is 33.2 Å². The monoisotopic (exact) mass is 1030 g/mol. The summed E-state index contributed by atoms with van der Waals surface area (Å²) in [6.07, 6.45) is 5.01. The summed E-state index contributed by atoms with van der Waals surface area (Å²) in [5.74, 6) is 4.68. The third-order valence-electron chi connectivity index (χ3n) is 12.6. The molecule has 4 aromatic heterocycles. The number of nitrogens with zero attached hydrogens (tertiary/aromatic N) is 5. The summed E-state index contributed by atoms with van der Waals surface area (Å²) in [6, 6.07) is 57.0. The Bertz CT molecular complexity index is 3870. The third kappa shape index (κ3) is 6.02. The zero-order valence-corrected chi connectivity index (χ0v) is 37.6. The molecule has 0 saturated heterocycles. The van der Waals surface area contributed by atoms with Gasteiger partial charge in [0.05, 0.1) is 27.6 Å². The van der Waals surface area contributed by atoms with Gasteiger partial charge in [0.15, 0.2) is 0 Å². The molecule has 0 radical (unpaired) electrons. The van der Waals surface area contributed by atoms with Gasteiger partial charge in [-0.2, -0.15) is 18.2 Å². The molecule has 0 spiro atoms. The van der Waals surface area contributed by atoms with E-state index < -0.39 is 6.98 Å². The SMILES string of the molecule is [2H]C([2H])([2H])[n+]1[c-]n(-c2[c-]c(Oc3[c-]c4c(cc3)c3ccccc3n4-c3cc(C(C)(C)C)ccn3)ccc2)c2ccc(-n3c4c(c5ccccc53)B3c5ccccc5Oc5cccc(c53)O4)cc21.[Pt]. The Hall–Kier alpha value is -7.35. The number of pyridine rings is 1. The second-order valence-corrected chi connectivity index (χ2v) is 17.5. The summed E-state index contributed by atoms with van der Waals surface area (Å²) >= 11 is 0. The van der Waals surface area contributed by atoms with Crippen molar-refractivity contribution < 1.29 is 44.0 Å². The van der Waals surface area contributed by atoms with Gasteiger partial charge in [-0.05, 0) is 81.8 Å². The summed E-state index contributed by atoms with van der Waals surface area (Å²) in [7, 11) is 0. The summed E-state index contributed by atoms with van der Waals surface area (Å²) < 4.78 is 52.9. The van der Waals surface area contributed by atoms with E-state index in [9.17, 15) is 0 Å². The van der Waals surface area contributed by atoms with Crippen LogP contribution in [-0.4, -0.2) is 25.4 Å². The van der Waals surface area contributed by atoms with Crippen molar-refractivity contribution in [2.24, 2.45) is 6.98 Å². The third-order valence-corrected chi connectivity index (χ3v) is 12.6. The van der Waals surface area contributed by atoms with E-state index in [1.165, 1.54) is 10.1 Å². The smallest absolute Gasteiger partial charge is 0.263 e. The van der Waals surface area contributed by atoms with Crippen LogP contribution in [0.5, 0.6) is 34.6 Å². The number of hydrogen-bond donors (Lipinski definition) is 0. The topological polar surface area (TPSA) is 59.2 Å². The summed E-state index contributed by atoms with van der Waals surface area (Å²) in [6.45, 7) is 3.88. The Kier molecular flexibility index (Phi) is 8.09. The van der Waals surface area contributed by atoms with E-state index >= 15 is 0 Å². The van der Waals surface area contributed by atoms with Crippen LogP contribution in [0.4, 0.5) is 0 Å². The quantitative estimate of drug-likeness (QED) is 0.0980. The molecule has 316 valence electrons. The van der Waals surface area contributed by atoms with Crippen LogP contribution < -0.4 is 35.2 Å². The van der Waals surface area contributed by atoms with Gasteiger partial charge < -0.3 is 27.9 Å². The summed E-state index contributed by atoms with van der Waals surface area (Å²) in [4.78, 5) is 4.81. The van der Waals surface area contributed by atoms with E-state index in [0.717, 1.165) is 72.1 Å². The average molecular weight is 1030 g/mol. The van der Waals surface area contributed by atoms with Crippen LogP contribution in [0.2, 0.25) is 0 Å². The predicted octanol–water partition coefficient (Wildman–Crippen LogP) is 10.1. The Labute approximate surface area is 394 Å². The van der Waals surface area contributed by atoms with Crippen molar-refractivity contribution in [3.63, 3.8) is 0 Å². The van der Waals surface area contributed by atoms with Gasteiger partial charge in [0.25, 0.3) is 6.71 Å². The minimum absolute atomic E-state index is 0. The van der Waals surface area contributed by atoms with E-state index in [1.54, 1.807) is 4.57 Å². The zero-order valence-electron chi connectivity index (χ0n) is 38.4. The van der Waals surface area contributed by atoms with E-state index in [4.69, 9.17) is 23.3 Å². The van der Waals surface area contributed by atoms with Gasteiger partial charge in [-0.3, -0.25) is 4.57 Å². The van der Waals surface area contributed by atoms with E-state index in [1.807, 2.05) is 109 Å². The maximum absolute atomic E-state index is 8.67. The van der Waals surface area contributed by atoms with Crippen molar-refractivity contribution >= 4 is 66.8 Å². The second kappa shape index (κ2) is 14.6. The van der Waals surface area contributed by atoms with Gasteiger partial charge in [-0.1, -0.05) is 98.7 Å². The van der Waals surface area contributed by atoms with Gasteiger partial charge in [-0.25, -0.2) is 4.98 Å². The number of imidazole rings is 1. The van der Waals surface area contributed by atoms with Crippen LogP contribution in [0.25, 0.3) is 60.9 Å². The Balaban J connectivity index is 0.00000480. The Morgan fingerprint density at radius 2 is 1.40 bits per heavy atom.